The highest BCUT2D eigenvalue weighted by Crippen LogP contribution is 2.26. The number of piperidine rings is 1. The SMILES string of the molecule is Cc1ccc(OC2CCN(c3nnc(C(=O)NCc4ccncc4)cc3C)CC2)cc1Cl. The molecule has 3 aromatic rings. The van der Waals surface area contributed by atoms with Crippen molar-refractivity contribution in [1.29, 1.82) is 0 Å². The summed E-state index contributed by atoms with van der Waals surface area (Å²) >= 11 is 6.20. The number of nitrogens with zero attached hydrogens (tertiary/aromatic N) is 4. The zero-order chi connectivity index (χ0) is 22.5. The predicted octanol–water partition coefficient (Wildman–Crippen LogP) is 4.12. The third-order valence-electron chi connectivity index (χ3n) is 5.58. The molecular formula is C24H26ClN5O2. The summed E-state index contributed by atoms with van der Waals surface area (Å²) in [6, 6.07) is 11.3. The van der Waals surface area contributed by atoms with Crippen molar-refractivity contribution in [3.63, 3.8) is 0 Å². The van der Waals surface area contributed by atoms with Crippen molar-refractivity contribution >= 4 is 23.3 Å². The quantitative estimate of drug-likeness (QED) is 0.607. The highest BCUT2D eigenvalue weighted by Gasteiger charge is 2.23. The van der Waals surface area contributed by atoms with Crippen LogP contribution in [0.1, 0.15) is 40.0 Å². The van der Waals surface area contributed by atoms with Crippen LogP contribution in [0.4, 0.5) is 5.82 Å². The van der Waals surface area contributed by atoms with Gasteiger partial charge in [0.2, 0.25) is 0 Å². The van der Waals surface area contributed by atoms with Crippen LogP contribution < -0.4 is 15.0 Å². The van der Waals surface area contributed by atoms with Crippen LogP contribution in [0.3, 0.4) is 0 Å². The number of anilines is 1. The molecule has 1 fully saturated rings. The highest BCUT2D eigenvalue weighted by molar-refractivity contribution is 6.31. The number of carbonyl (C=O) groups is 1. The summed E-state index contributed by atoms with van der Waals surface area (Å²) in [6.45, 7) is 5.98. The first-order valence-electron chi connectivity index (χ1n) is 10.7. The second-order valence-corrected chi connectivity index (χ2v) is 8.40. The molecule has 1 N–H and O–H groups in total. The van der Waals surface area contributed by atoms with Crippen LogP contribution in [0.25, 0.3) is 0 Å². The molecular weight excluding hydrogens is 426 g/mol. The molecule has 1 aromatic carbocycles. The first-order chi connectivity index (χ1) is 15.5. The third kappa shape index (κ3) is 5.34. The molecule has 0 atom stereocenters. The normalized spacial score (nSPS) is 14.3. The van der Waals surface area contributed by atoms with E-state index in [9.17, 15) is 4.79 Å². The van der Waals surface area contributed by atoms with Crippen LogP contribution in [0.2, 0.25) is 5.02 Å². The smallest absolute Gasteiger partial charge is 0.272 e. The minimum atomic E-state index is -0.243. The summed E-state index contributed by atoms with van der Waals surface area (Å²) in [5.41, 5.74) is 3.26. The van der Waals surface area contributed by atoms with Gasteiger partial charge >= 0.3 is 0 Å². The number of pyridine rings is 1. The van der Waals surface area contributed by atoms with Crippen LogP contribution in [0, 0.1) is 13.8 Å². The number of aryl methyl sites for hydroxylation is 2. The molecule has 166 valence electrons. The molecule has 1 saturated heterocycles. The van der Waals surface area contributed by atoms with Gasteiger partial charge in [0.25, 0.3) is 5.91 Å². The number of rotatable bonds is 6. The zero-order valence-electron chi connectivity index (χ0n) is 18.2. The Hall–Kier alpha value is -3.19. The molecule has 2 aromatic heterocycles. The van der Waals surface area contributed by atoms with Crippen molar-refractivity contribution in [2.75, 3.05) is 18.0 Å². The lowest BCUT2D eigenvalue weighted by Crippen LogP contribution is -2.39. The maximum atomic E-state index is 12.5. The van der Waals surface area contributed by atoms with Crippen molar-refractivity contribution in [2.24, 2.45) is 0 Å². The van der Waals surface area contributed by atoms with Crippen LogP contribution in [0.5, 0.6) is 5.75 Å². The molecule has 0 saturated carbocycles. The number of ether oxygens (including phenoxy) is 1. The van der Waals surface area contributed by atoms with Gasteiger partial charge in [0.15, 0.2) is 11.5 Å². The van der Waals surface area contributed by atoms with Gasteiger partial charge in [-0.05, 0) is 60.9 Å². The van der Waals surface area contributed by atoms with E-state index in [0.29, 0.717) is 12.2 Å². The maximum Gasteiger partial charge on any atom is 0.272 e. The average Bonchev–Trinajstić information content (AvgIpc) is 2.81. The van der Waals surface area contributed by atoms with Crippen LogP contribution in [-0.2, 0) is 6.54 Å². The van der Waals surface area contributed by atoms with Gasteiger partial charge in [0.1, 0.15) is 11.9 Å². The van der Waals surface area contributed by atoms with E-state index in [4.69, 9.17) is 16.3 Å². The topological polar surface area (TPSA) is 80.2 Å². The minimum Gasteiger partial charge on any atom is -0.490 e. The lowest BCUT2D eigenvalue weighted by atomic mass is 10.1. The largest absolute Gasteiger partial charge is 0.490 e. The number of carbonyl (C=O) groups excluding carboxylic acids is 1. The Morgan fingerprint density at radius 3 is 2.53 bits per heavy atom. The molecule has 4 rings (SSSR count). The Labute approximate surface area is 192 Å². The first-order valence-corrected chi connectivity index (χ1v) is 11.1. The maximum absolute atomic E-state index is 12.5. The molecule has 1 amide bonds. The standard InChI is InChI=1S/C24H26ClN5O2/c1-16-3-4-20(14-21(16)25)32-19-7-11-30(12-8-19)23-17(2)13-22(28-29-23)24(31)27-15-18-5-9-26-10-6-18/h3-6,9-10,13-14,19H,7-8,11-12,15H2,1-2H3,(H,27,31). The Bertz CT molecular complexity index is 1090. The van der Waals surface area contributed by atoms with Crippen molar-refractivity contribution < 1.29 is 9.53 Å². The fraction of sp³-hybridized carbons (Fsp3) is 0.333. The van der Waals surface area contributed by atoms with Crippen molar-refractivity contribution in [2.45, 2.75) is 39.3 Å². The number of halogens is 1. The van der Waals surface area contributed by atoms with Gasteiger partial charge in [-0.25, -0.2) is 0 Å². The summed E-state index contributed by atoms with van der Waals surface area (Å²) in [5, 5.41) is 12.1. The van der Waals surface area contributed by atoms with E-state index in [1.165, 1.54) is 0 Å². The van der Waals surface area contributed by atoms with Gasteiger partial charge in [-0.1, -0.05) is 17.7 Å². The first kappa shape index (κ1) is 22.0. The van der Waals surface area contributed by atoms with Gasteiger partial charge in [0, 0.05) is 49.9 Å². The number of hydrogen-bond donors (Lipinski definition) is 1. The van der Waals surface area contributed by atoms with Crippen molar-refractivity contribution in [3.8, 4) is 5.75 Å². The third-order valence-corrected chi connectivity index (χ3v) is 5.99. The second-order valence-electron chi connectivity index (χ2n) is 7.99. The minimum absolute atomic E-state index is 0.136. The van der Waals surface area contributed by atoms with E-state index in [1.54, 1.807) is 18.5 Å². The summed E-state index contributed by atoms with van der Waals surface area (Å²) < 4.78 is 6.12. The summed E-state index contributed by atoms with van der Waals surface area (Å²) in [4.78, 5) is 18.6. The lowest BCUT2D eigenvalue weighted by molar-refractivity contribution is 0.0945. The molecule has 1 aliphatic rings. The molecule has 32 heavy (non-hydrogen) atoms. The summed E-state index contributed by atoms with van der Waals surface area (Å²) in [5.74, 6) is 1.37. The molecule has 8 heteroatoms. The Balaban J connectivity index is 1.32. The van der Waals surface area contributed by atoms with E-state index >= 15 is 0 Å². The van der Waals surface area contributed by atoms with E-state index < -0.39 is 0 Å². The van der Waals surface area contributed by atoms with E-state index in [-0.39, 0.29) is 12.0 Å². The molecule has 0 aliphatic carbocycles. The zero-order valence-corrected chi connectivity index (χ0v) is 19.0. The molecule has 0 radical (unpaired) electrons. The van der Waals surface area contributed by atoms with Gasteiger partial charge in [0.05, 0.1) is 0 Å². The number of benzene rings is 1. The van der Waals surface area contributed by atoms with E-state index in [1.807, 2.05) is 44.2 Å². The molecule has 7 nitrogen and oxygen atoms in total. The van der Waals surface area contributed by atoms with Gasteiger partial charge in [-0.15, -0.1) is 10.2 Å². The monoisotopic (exact) mass is 451 g/mol. The van der Waals surface area contributed by atoms with E-state index in [0.717, 1.165) is 59.2 Å². The number of nitrogens with one attached hydrogen (secondary N) is 1. The molecule has 0 bridgehead atoms. The molecule has 1 aliphatic heterocycles. The van der Waals surface area contributed by atoms with Crippen LogP contribution >= 0.6 is 11.6 Å². The highest BCUT2D eigenvalue weighted by atomic mass is 35.5. The van der Waals surface area contributed by atoms with Crippen LogP contribution in [-0.4, -0.2) is 40.3 Å². The van der Waals surface area contributed by atoms with Crippen molar-refractivity contribution in [3.05, 3.63) is 76.2 Å². The number of amides is 1. The molecule has 0 spiro atoms. The lowest BCUT2D eigenvalue weighted by Gasteiger charge is -2.33. The Kier molecular flexibility index (Phi) is 6.85. The fourth-order valence-electron chi connectivity index (χ4n) is 3.70. The van der Waals surface area contributed by atoms with Crippen molar-refractivity contribution in [1.82, 2.24) is 20.5 Å². The number of aromatic nitrogens is 3. The van der Waals surface area contributed by atoms with Gasteiger partial charge in [-0.2, -0.15) is 0 Å². The van der Waals surface area contributed by atoms with E-state index in [2.05, 4.69) is 25.4 Å². The summed E-state index contributed by atoms with van der Waals surface area (Å²) in [6.07, 6.45) is 5.28. The van der Waals surface area contributed by atoms with Crippen LogP contribution in [0.15, 0.2) is 48.8 Å². The predicted molar refractivity (Wildman–Crippen MR) is 124 cm³/mol. The fourth-order valence-corrected chi connectivity index (χ4v) is 3.87. The van der Waals surface area contributed by atoms with Gasteiger partial charge < -0.3 is 15.0 Å². The Morgan fingerprint density at radius 2 is 1.84 bits per heavy atom. The second kappa shape index (κ2) is 9.96. The Morgan fingerprint density at radius 1 is 1.09 bits per heavy atom. The number of hydrogen-bond acceptors (Lipinski definition) is 6. The molecule has 3 heterocycles. The molecule has 0 unspecified atom stereocenters. The van der Waals surface area contributed by atoms with Gasteiger partial charge in [-0.3, -0.25) is 9.78 Å². The average molecular weight is 452 g/mol. The summed E-state index contributed by atoms with van der Waals surface area (Å²) in [7, 11) is 0.